The van der Waals surface area contributed by atoms with Gasteiger partial charge in [-0.2, -0.15) is 0 Å². The molecule has 3 N–H and O–H groups in total. The largest absolute Gasteiger partial charge is 0.448 e. The predicted octanol–water partition coefficient (Wildman–Crippen LogP) is 4.42. The zero-order valence-corrected chi connectivity index (χ0v) is 26.2. The van der Waals surface area contributed by atoms with Crippen LogP contribution in [0.25, 0.3) is 0 Å². The predicted molar refractivity (Wildman–Crippen MR) is 169 cm³/mol. The highest BCUT2D eigenvalue weighted by Gasteiger charge is 2.29. The number of anilines is 1. The molecule has 2 aliphatic rings. The number of aromatic nitrogens is 1. The monoisotopic (exact) mass is 590 g/mol. The molecule has 2 fully saturated rings. The Kier molecular flexibility index (Phi) is 11.7. The number of hydrogen-bond acceptors (Lipinski definition) is 7. The van der Waals surface area contributed by atoms with Crippen LogP contribution in [0, 0.1) is 13.8 Å². The van der Waals surface area contributed by atoms with E-state index in [1.165, 1.54) is 23.5 Å². The number of rotatable bonds is 13. The molecule has 0 atom stereocenters. The molecule has 0 radical (unpaired) electrons. The third kappa shape index (κ3) is 9.59. The molecule has 4 rings (SSSR count). The SMILES string of the molecule is C=C(/C=C(/NC(=O)c1coc(C2CC2)n1)C(=C)N(C)CCN(C)c1cc(C)ccc1C)C(N)=O.CCCN1CCCC1=O. The van der Waals surface area contributed by atoms with Gasteiger partial charge in [-0.25, -0.2) is 4.98 Å². The Bertz CT molecular complexity index is 1370. The number of nitrogens with zero attached hydrogens (tertiary/aromatic N) is 4. The van der Waals surface area contributed by atoms with Gasteiger partial charge in [-0.1, -0.05) is 32.2 Å². The highest BCUT2D eigenvalue weighted by Crippen LogP contribution is 2.39. The fraction of sp³-hybridized carbons (Fsp3) is 0.455. The number of hydrogen-bond donors (Lipinski definition) is 2. The Morgan fingerprint density at radius 1 is 1.21 bits per heavy atom. The van der Waals surface area contributed by atoms with Gasteiger partial charge in [0.15, 0.2) is 11.6 Å². The summed E-state index contributed by atoms with van der Waals surface area (Å²) >= 11 is 0. The summed E-state index contributed by atoms with van der Waals surface area (Å²) in [4.78, 5) is 45.6. The van der Waals surface area contributed by atoms with Crippen molar-refractivity contribution in [2.75, 3.05) is 45.2 Å². The molecule has 1 aromatic carbocycles. The maximum Gasteiger partial charge on any atom is 0.277 e. The third-order valence-corrected chi connectivity index (χ3v) is 7.55. The number of carbonyl (C=O) groups excluding carboxylic acids is 3. The number of benzene rings is 1. The number of primary amides is 1. The molecule has 1 aromatic heterocycles. The average molecular weight is 591 g/mol. The quantitative estimate of drug-likeness (QED) is 0.261. The van der Waals surface area contributed by atoms with Gasteiger partial charge in [-0.3, -0.25) is 14.4 Å². The maximum absolute atomic E-state index is 12.8. The molecular weight excluding hydrogens is 544 g/mol. The standard InChI is InChI=1S/C26H33N5O3.C7H13NO/c1-16-7-8-17(2)23(13-16)31(6)12-11-30(5)19(4)21(14-18(3)24(27)32)28-25(33)22-15-34-26(29-22)20-9-10-20;1-2-5-8-6-3-4-7(8)9/h7-8,13-15,20H,3-4,9-12H2,1-2,5-6H3,(H2,27,32)(H,28,33);2-6H2,1H3/b21-14+;. The van der Waals surface area contributed by atoms with E-state index in [0.717, 1.165) is 50.9 Å². The number of nitrogens with one attached hydrogen (secondary N) is 1. The molecular formula is C33H46N6O4. The normalized spacial score (nSPS) is 14.6. The third-order valence-electron chi connectivity index (χ3n) is 7.55. The van der Waals surface area contributed by atoms with Crippen LogP contribution in [0.15, 0.2) is 65.1 Å². The van der Waals surface area contributed by atoms with Crippen LogP contribution in [0.2, 0.25) is 0 Å². The van der Waals surface area contributed by atoms with Crippen LogP contribution >= 0.6 is 0 Å². The topological polar surface area (TPSA) is 125 Å². The van der Waals surface area contributed by atoms with Gasteiger partial charge in [0.25, 0.3) is 5.91 Å². The van der Waals surface area contributed by atoms with Crippen molar-refractivity contribution < 1.29 is 18.8 Å². The van der Waals surface area contributed by atoms with Crippen LogP contribution < -0.4 is 16.0 Å². The van der Waals surface area contributed by atoms with Crippen LogP contribution in [0.3, 0.4) is 0 Å². The second-order valence-electron chi connectivity index (χ2n) is 11.3. The van der Waals surface area contributed by atoms with Crippen molar-refractivity contribution in [2.24, 2.45) is 5.73 Å². The molecule has 0 unspecified atom stereocenters. The Morgan fingerprint density at radius 2 is 1.93 bits per heavy atom. The first-order valence-corrected chi connectivity index (χ1v) is 14.8. The van der Waals surface area contributed by atoms with Crippen LogP contribution in [-0.2, 0) is 9.59 Å². The summed E-state index contributed by atoms with van der Waals surface area (Å²) in [5.74, 6) is 0.0661. The average Bonchev–Trinajstić information content (AvgIpc) is 3.56. The van der Waals surface area contributed by atoms with Gasteiger partial charge < -0.3 is 30.2 Å². The molecule has 0 bridgehead atoms. The molecule has 3 amide bonds. The van der Waals surface area contributed by atoms with E-state index in [1.54, 1.807) is 0 Å². The van der Waals surface area contributed by atoms with E-state index in [-0.39, 0.29) is 11.3 Å². The van der Waals surface area contributed by atoms with E-state index in [9.17, 15) is 14.4 Å². The Morgan fingerprint density at radius 3 is 2.53 bits per heavy atom. The molecule has 2 heterocycles. The molecule has 1 aliphatic carbocycles. The van der Waals surface area contributed by atoms with Gasteiger partial charge in [0.1, 0.15) is 6.26 Å². The van der Waals surface area contributed by atoms with Gasteiger partial charge in [0.05, 0.1) is 11.4 Å². The molecule has 2 aromatic rings. The van der Waals surface area contributed by atoms with E-state index < -0.39 is 11.8 Å². The van der Waals surface area contributed by atoms with Gasteiger partial charge in [-0.15, -0.1) is 0 Å². The Balaban J connectivity index is 0.000000480. The highest BCUT2D eigenvalue weighted by atomic mass is 16.3. The number of aryl methyl sites for hydroxylation is 2. The molecule has 232 valence electrons. The van der Waals surface area contributed by atoms with Crippen molar-refractivity contribution in [1.29, 1.82) is 0 Å². The summed E-state index contributed by atoms with van der Waals surface area (Å²) in [5, 5.41) is 2.78. The maximum atomic E-state index is 12.8. The molecule has 10 heteroatoms. The highest BCUT2D eigenvalue weighted by molar-refractivity contribution is 5.96. The van der Waals surface area contributed by atoms with Crippen molar-refractivity contribution in [3.63, 3.8) is 0 Å². The zero-order chi connectivity index (χ0) is 31.7. The van der Waals surface area contributed by atoms with Crippen LogP contribution in [0.5, 0.6) is 0 Å². The van der Waals surface area contributed by atoms with E-state index in [1.807, 2.05) is 23.9 Å². The first-order chi connectivity index (χ1) is 20.4. The summed E-state index contributed by atoms with van der Waals surface area (Å²) in [7, 11) is 3.90. The number of likely N-dealkylation sites (N-methyl/N-ethyl adjacent to an activating group) is 2. The molecule has 0 spiro atoms. The fourth-order valence-electron chi connectivity index (χ4n) is 4.64. The summed E-state index contributed by atoms with van der Waals surface area (Å²) in [6, 6.07) is 6.35. The van der Waals surface area contributed by atoms with Crippen molar-refractivity contribution in [3.8, 4) is 0 Å². The summed E-state index contributed by atoms with van der Waals surface area (Å²) in [5.41, 5.74) is 9.96. The van der Waals surface area contributed by atoms with Gasteiger partial charge in [0.2, 0.25) is 11.8 Å². The summed E-state index contributed by atoms with van der Waals surface area (Å²) < 4.78 is 5.42. The van der Waals surface area contributed by atoms with Crippen molar-refractivity contribution in [3.05, 3.63) is 83.4 Å². The van der Waals surface area contributed by atoms with E-state index in [4.69, 9.17) is 10.2 Å². The van der Waals surface area contributed by atoms with Gasteiger partial charge >= 0.3 is 0 Å². The molecule has 43 heavy (non-hydrogen) atoms. The zero-order valence-electron chi connectivity index (χ0n) is 26.2. The summed E-state index contributed by atoms with van der Waals surface area (Å²) in [6.07, 6.45) is 7.74. The number of likely N-dealkylation sites (tertiary alicyclic amines) is 1. The number of oxazole rings is 1. The van der Waals surface area contributed by atoms with Gasteiger partial charge in [0, 0.05) is 63.9 Å². The number of amides is 3. The number of nitrogens with two attached hydrogens (primary N) is 1. The van der Waals surface area contributed by atoms with Crippen molar-refractivity contribution >= 4 is 23.4 Å². The lowest BCUT2D eigenvalue weighted by Gasteiger charge is -2.28. The first kappa shape index (κ1) is 33.2. The van der Waals surface area contributed by atoms with Crippen LogP contribution in [-0.4, -0.2) is 72.8 Å². The lowest BCUT2D eigenvalue weighted by Crippen LogP contribution is -2.34. The first-order valence-electron chi connectivity index (χ1n) is 14.8. The Labute approximate surface area is 255 Å². The number of carbonyl (C=O) groups is 3. The van der Waals surface area contributed by atoms with Crippen LogP contribution in [0.4, 0.5) is 5.69 Å². The lowest BCUT2D eigenvalue weighted by atomic mass is 10.1. The van der Waals surface area contributed by atoms with E-state index >= 15 is 0 Å². The minimum absolute atomic E-state index is 0.0520. The second-order valence-corrected chi connectivity index (χ2v) is 11.3. The second kappa shape index (κ2) is 15.2. The smallest absolute Gasteiger partial charge is 0.277 e. The van der Waals surface area contributed by atoms with Crippen molar-refractivity contribution in [2.45, 2.75) is 58.8 Å². The molecule has 1 saturated carbocycles. The molecule has 10 nitrogen and oxygen atoms in total. The Hall–Kier alpha value is -4.34. The minimum atomic E-state index is -0.686. The van der Waals surface area contributed by atoms with Crippen molar-refractivity contribution in [1.82, 2.24) is 20.1 Å². The molecule has 1 aliphatic heterocycles. The van der Waals surface area contributed by atoms with Crippen LogP contribution in [0.1, 0.15) is 72.5 Å². The van der Waals surface area contributed by atoms with Gasteiger partial charge in [-0.05, 0) is 62.8 Å². The lowest BCUT2D eigenvalue weighted by molar-refractivity contribution is -0.127. The fourth-order valence-corrected chi connectivity index (χ4v) is 4.64. The van der Waals surface area contributed by atoms with E-state index in [2.05, 4.69) is 67.3 Å². The van der Waals surface area contributed by atoms with E-state index in [0.29, 0.717) is 42.2 Å². The summed E-state index contributed by atoms with van der Waals surface area (Å²) in [6.45, 7) is 17.3. The molecule has 1 saturated heterocycles. The minimum Gasteiger partial charge on any atom is -0.448 e.